The molecule has 0 aromatic heterocycles. The topological polar surface area (TPSA) is 41.5 Å². The standard InChI is InChI=1S/C24H18N2O/c27-24(23-12-6-10-21-9-4-5-11-22(21)23)26-25-17-18-13-15-20(16-14-18)19-7-2-1-3-8-19/h1-17H,(H,26,27)/b25-17-. The highest BCUT2D eigenvalue weighted by Gasteiger charge is 2.08. The van der Waals surface area contributed by atoms with Crippen molar-refractivity contribution in [3.05, 3.63) is 108 Å². The number of carbonyl (C=O) groups is 1. The summed E-state index contributed by atoms with van der Waals surface area (Å²) >= 11 is 0. The van der Waals surface area contributed by atoms with Gasteiger partial charge < -0.3 is 0 Å². The van der Waals surface area contributed by atoms with Gasteiger partial charge in [0.25, 0.3) is 5.91 Å². The van der Waals surface area contributed by atoms with Crippen LogP contribution in [0.2, 0.25) is 0 Å². The second kappa shape index (κ2) is 7.67. The zero-order chi connectivity index (χ0) is 18.5. The van der Waals surface area contributed by atoms with Crippen LogP contribution in [0.5, 0.6) is 0 Å². The third-order valence-electron chi connectivity index (χ3n) is 4.43. The maximum atomic E-state index is 12.5. The molecule has 0 spiro atoms. The molecule has 0 atom stereocenters. The highest BCUT2D eigenvalue weighted by molar-refractivity contribution is 6.07. The maximum Gasteiger partial charge on any atom is 0.271 e. The first kappa shape index (κ1) is 16.7. The number of nitrogens with one attached hydrogen (secondary N) is 1. The fourth-order valence-corrected chi connectivity index (χ4v) is 3.04. The molecule has 4 aromatic carbocycles. The van der Waals surface area contributed by atoms with Crippen molar-refractivity contribution < 1.29 is 4.79 Å². The molecule has 3 nitrogen and oxygen atoms in total. The van der Waals surface area contributed by atoms with Crippen molar-refractivity contribution in [2.45, 2.75) is 0 Å². The lowest BCUT2D eigenvalue weighted by atomic mass is 10.0. The van der Waals surface area contributed by atoms with Gasteiger partial charge in [-0.1, -0.05) is 91.0 Å². The Bertz CT molecular complexity index is 1090. The van der Waals surface area contributed by atoms with Crippen LogP contribution < -0.4 is 5.43 Å². The van der Waals surface area contributed by atoms with Gasteiger partial charge in [-0.25, -0.2) is 5.43 Å². The number of amides is 1. The molecule has 27 heavy (non-hydrogen) atoms. The molecule has 3 heteroatoms. The van der Waals surface area contributed by atoms with Crippen LogP contribution in [-0.4, -0.2) is 12.1 Å². The van der Waals surface area contributed by atoms with Gasteiger partial charge in [-0.2, -0.15) is 5.10 Å². The SMILES string of the molecule is O=C(N/N=C\c1ccc(-c2ccccc2)cc1)c1cccc2ccccc12. The number of hydrazone groups is 1. The first-order chi connectivity index (χ1) is 13.3. The average Bonchev–Trinajstić information content (AvgIpc) is 2.74. The molecule has 1 amide bonds. The number of fused-ring (bicyclic) bond motifs is 1. The number of rotatable bonds is 4. The molecule has 0 saturated carbocycles. The Balaban J connectivity index is 1.46. The quantitative estimate of drug-likeness (QED) is 0.395. The van der Waals surface area contributed by atoms with Crippen LogP contribution in [0.4, 0.5) is 0 Å². The average molecular weight is 350 g/mol. The Morgan fingerprint density at radius 1 is 0.704 bits per heavy atom. The molecule has 0 fully saturated rings. The summed E-state index contributed by atoms with van der Waals surface area (Å²) in [6.07, 6.45) is 1.65. The Morgan fingerprint density at radius 2 is 1.37 bits per heavy atom. The van der Waals surface area contributed by atoms with E-state index >= 15 is 0 Å². The molecule has 0 unspecified atom stereocenters. The summed E-state index contributed by atoms with van der Waals surface area (Å²) < 4.78 is 0. The van der Waals surface area contributed by atoms with E-state index in [4.69, 9.17) is 0 Å². The minimum atomic E-state index is -0.219. The summed E-state index contributed by atoms with van der Waals surface area (Å²) in [7, 11) is 0. The van der Waals surface area contributed by atoms with Gasteiger partial charge in [0.15, 0.2) is 0 Å². The third-order valence-corrected chi connectivity index (χ3v) is 4.43. The predicted molar refractivity (Wildman–Crippen MR) is 111 cm³/mol. The zero-order valence-electron chi connectivity index (χ0n) is 14.7. The van der Waals surface area contributed by atoms with Crippen molar-refractivity contribution in [2.75, 3.05) is 0 Å². The second-order valence-corrected chi connectivity index (χ2v) is 6.21. The lowest BCUT2D eigenvalue weighted by Crippen LogP contribution is -2.17. The number of carbonyl (C=O) groups excluding carboxylic acids is 1. The van der Waals surface area contributed by atoms with E-state index in [0.29, 0.717) is 5.56 Å². The van der Waals surface area contributed by atoms with E-state index in [0.717, 1.165) is 21.9 Å². The number of hydrogen-bond acceptors (Lipinski definition) is 2. The van der Waals surface area contributed by atoms with Crippen molar-refractivity contribution in [1.82, 2.24) is 5.43 Å². The van der Waals surface area contributed by atoms with Gasteiger partial charge in [0.1, 0.15) is 0 Å². The largest absolute Gasteiger partial charge is 0.271 e. The van der Waals surface area contributed by atoms with Crippen LogP contribution in [0.3, 0.4) is 0 Å². The third kappa shape index (κ3) is 3.77. The van der Waals surface area contributed by atoms with Crippen LogP contribution in [0.1, 0.15) is 15.9 Å². The minimum Gasteiger partial charge on any atom is -0.267 e. The van der Waals surface area contributed by atoms with Gasteiger partial charge in [0.05, 0.1) is 6.21 Å². The summed E-state index contributed by atoms with van der Waals surface area (Å²) in [4.78, 5) is 12.5. The lowest BCUT2D eigenvalue weighted by molar-refractivity contribution is 0.0957. The fourth-order valence-electron chi connectivity index (χ4n) is 3.04. The van der Waals surface area contributed by atoms with Crippen LogP contribution in [0, 0.1) is 0 Å². The van der Waals surface area contributed by atoms with E-state index in [2.05, 4.69) is 22.7 Å². The summed E-state index contributed by atoms with van der Waals surface area (Å²) in [5.74, 6) is -0.219. The van der Waals surface area contributed by atoms with Crippen LogP contribution in [-0.2, 0) is 0 Å². The summed E-state index contributed by atoms with van der Waals surface area (Å²) in [5, 5.41) is 6.05. The second-order valence-electron chi connectivity index (χ2n) is 6.21. The van der Waals surface area contributed by atoms with Gasteiger partial charge in [-0.3, -0.25) is 4.79 Å². The molecule has 4 aromatic rings. The van der Waals surface area contributed by atoms with Crippen molar-refractivity contribution in [1.29, 1.82) is 0 Å². The van der Waals surface area contributed by atoms with Gasteiger partial charge in [0.2, 0.25) is 0 Å². The Labute approximate surface area is 158 Å². The van der Waals surface area contributed by atoms with E-state index in [1.165, 1.54) is 5.56 Å². The molecule has 0 aliphatic heterocycles. The minimum absolute atomic E-state index is 0.219. The molecular formula is C24H18N2O. The Kier molecular flexibility index (Phi) is 4.75. The van der Waals surface area contributed by atoms with Crippen LogP contribution in [0.25, 0.3) is 21.9 Å². The predicted octanol–water partition coefficient (Wildman–Crippen LogP) is 5.27. The molecule has 0 heterocycles. The van der Waals surface area contributed by atoms with Crippen LogP contribution in [0.15, 0.2) is 102 Å². The number of nitrogens with zero attached hydrogens (tertiary/aromatic N) is 1. The molecule has 1 N–H and O–H groups in total. The van der Waals surface area contributed by atoms with E-state index < -0.39 is 0 Å². The highest BCUT2D eigenvalue weighted by Crippen LogP contribution is 2.19. The molecule has 0 bridgehead atoms. The number of hydrogen-bond donors (Lipinski definition) is 1. The smallest absolute Gasteiger partial charge is 0.267 e. The van der Waals surface area contributed by atoms with Gasteiger partial charge in [0, 0.05) is 5.56 Å². The van der Waals surface area contributed by atoms with Crippen molar-refractivity contribution in [3.63, 3.8) is 0 Å². The zero-order valence-corrected chi connectivity index (χ0v) is 14.7. The number of benzene rings is 4. The molecule has 0 aliphatic rings. The van der Waals surface area contributed by atoms with Gasteiger partial charge >= 0.3 is 0 Å². The summed E-state index contributed by atoms with van der Waals surface area (Å²) in [6, 6.07) is 31.7. The summed E-state index contributed by atoms with van der Waals surface area (Å²) in [5.41, 5.74) is 6.47. The first-order valence-electron chi connectivity index (χ1n) is 8.78. The molecule has 0 radical (unpaired) electrons. The normalized spacial score (nSPS) is 11.0. The van der Waals surface area contributed by atoms with Crippen molar-refractivity contribution in [3.8, 4) is 11.1 Å². The first-order valence-corrected chi connectivity index (χ1v) is 8.78. The Morgan fingerprint density at radius 3 is 2.19 bits per heavy atom. The van der Waals surface area contributed by atoms with E-state index in [1.807, 2.05) is 84.9 Å². The monoisotopic (exact) mass is 350 g/mol. The van der Waals surface area contributed by atoms with E-state index in [-0.39, 0.29) is 5.91 Å². The highest BCUT2D eigenvalue weighted by atomic mass is 16.2. The molecular weight excluding hydrogens is 332 g/mol. The van der Waals surface area contributed by atoms with E-state index in [1.54, 1.807) is 6.21 Å². The summed E-state index contributed by atoms with van der Waals surface area (Å²) in [6.45, 7) is 0. The van der Waals surface area contributed by atoms with Gasteiger partial charge in [-0.15, -0.1) is 0 Å². The van der Waals surface area contributed by atoms with E-state index in [9.17, 15) is 4.79 Å². The van der Waals surface area contributed by atoms with Gasteiger partial charge in [-0.05, 0) is 33.5 Å². The molecule has 130 valence electrons. The molecule has 0 aliphatic carbocycles. The maximum absolute atomic E-state index is 12.5. The molecule has 0 saturated heterocycles. The fraction of sp³-hybridized carbons (Fsp3) is 0. The van der Waals surface area contributed by atoms with Crippen molar-refractivity contribution in [2.24, 2.45) is 5.10 Å². The van der Waals surface area contributed by atoms with Crippen LogP contribution >= 0.6 is 0 Å². The van der Waals surface area contributed by atoms with Crippen molar-refractivity contribution >= 4 is 22.9 Å². The Hall–Kier alpha value is -3.72. The lowest BCUT2D eigenvalue weighted by Gasteiger charge is -2.05. The molecule has 4 rings (SSSR count).